The zero-order valence-electron chi connectivity index (χ0n) is 14.9. The largest absolute Gasteiger partial charge is 0.381 e. The Balaban J connectivity index is 1.54. The number of benzene rings is 1. The van der Waals surface area contributed by atoms with Gasteiger partial charge in [0.1, 0.15) is 6.10 Å². The van der Waals surface area contributed by atoms with E-state index in [1.165, 1.54) is 25.0 Å². The van der Waals surface area contributed by atoms with E-state index in [-0.39, 0.29) is 16.8 Å². The molecule has 1 saturated heterocycles. The fourth-order valence-corrected chi connectivity index (χ4v) is 4.01. The number of anilines is 1. The van der Waals surface area contributed by atoms with Crippen molar-refractivity contribution in [3.8, 4) is 0 Å². The minimum atomic E-state index is -3.58. The first-order valence-electron chi connectivity index (χ1n) is 9.06. The standard InChI is InChI=1S/C18H26N2O5S/c1-13(25-12-14-2-3-14)18(21)19-15-4-6-17(7-5-15)26(22,23)20-16-8-10-24-11-9-16/h4-7,13-14,16,20H,2-3,8-12H2,1H3,(H,19,21)/t13-/m0/s1. The van der Waals surface area contributed by atoms with Crippen LogP contribution in [0, 0.1) is 5.92 Å². The molecule has 1 aliphatic heterocycles. The van der Waals surface area contributed by atoms with Crippen LogP contribution in [0.5, 0.6) is 0 Å². The van der Waals surface area contributed by atoms with Crippen LogP contribution in [0.3, 0.4) is 0 Å². The van der Waals surface area contributed by atoms with Gasteiger partial charge in [0.2, 0.25) is 10.0 Å². The molecule has 26 heavy (non-hydrogen) atoms. The number of carbonyl (C=O) groups excluding carboxylic acids is 1. The van der Waals surface area contributed by atoms with Gasteiger partial charge >= 0.3 is 0 Å². The fourth-order valence-electron chi connectivity index (χ4n) is 2.70. The lowest BCUT2D eigenvalue weighted by Gasteiger charge is -2.23. The maximum Gasteiger partial charge on any atom is 0.253 e. The van der Waals surface area contributed by atoms with Crippen molar-refractivity contribution in [3.63, 3.8) is 0 Å². The molecule has 0 radical (unpaired) electrons. The Labute approximate surface area is 154 Å². The number of hydrogen-bond donors (Lipinski definition) is 2. The van der Waals surface area contributed by atoms with E-state index in [4.69, 9.17) is 9.47 Å². The summed E-state index contributed by atoms with van der Waals surface area (Å²) in [5.41, 5.74) is 0.543. The van der Waals surface area contributed by atoms with Crippen LogP contribution in [0.1, 0.15) is 32.6 Å². The molecule has 2 fully saturated rings. The summed E-state index contributed by atoms with van der Waals surface area (Å²) in [6.07, 6.45) is 3.16. The third-order valence-electron chi connectivity index (χ3n) is 4.62. The fraction of sp³-hybridized carbons (Fsp3) is 0.611. The highest BCUT2D eigenvalue weighted by Crippen LogP contribution is 2.29. The summed E-state index contributed by atoms with van der Waals surface area (Å²) in [6, 6.07) is 6.06. The molecule has 0 bridgehead atoms. The van der Waals surface area contributed by atoms with Crippen molar-refractivity contribution in [1.82, 2.24) is 4.72 Å². The predicted octanol–water partition coefficient (Wildman–Crippen LogP) is 1.90. The molecule has 0 unspecified atom stereocenters. The molecule has 3 rings (SSSR count). The van der Waals surface area contributed by atoms with Crippen LogP contribution in [0.15, 0.2) is 29.2 Å². The van der Waals surface area contributed by atoms with E-state index in [1.54, 1.807) is 19.1 Å². The molecule has 0 aromatic heterocycles. The maximum absolute atomic E-state index is 12.4. The molecule has 1 atom stereocenters. The van der Waals surface area contributed by atoms with Crippen LogP contribution in [0.2, 0.25) is 0 Å². The molecular formula is C18H26N2O5S. The maximum atomic E-state index is 12.4. The first kappa shape index (κ1) is 19.3. The Bertz CT molecular complexity index is 710. The zero-order chi connectivity index (χ0) is 18.6. The van der Waals surface area contributed by atoms with Gasteiger partial charge in [-0.2, -0.15) is 0 Å². The average Bonchev–Trinajstić information content (AvgIpc) is 3.45. The molecule has 1 aliphatic carbocycles. The van der Waals surface area contributed by atoms with Gasteiger partial charge in [0.15, 0.2) is 0 Å². The van der Waals surface area contributed by atoms with Crippen LogP contribution < -0.4 is 10.0 Å². The molecule has 1 aromatic rings. The van der Waals surface area contributed by atoms with Crippen molar-refractivity contribution in [1.29, 1.82) is 0 Å². The van der Waals surface area contributed by atoms with E-state index in [9.17, 15) is 13.2 Å². The van der Waals surface area contributed by atoms with Gasteiger partial charge in [-0.3, -0.25) is 4.79 Å². The number of hydrogen-bond acceptors (Lipinski definition) is 5. The lowest BCUT2D eigenvalue weighted by molar-refractivity contribution is -0.126. The summed E-state index contributed by atoms with van der Waals surface area (Å²) < 4.78 is 38.4. The van der Waals surface area contributed by atoms with Gasteiger partial charge < -0.3 is 14.8 Å². The lowest BCUT2D eigenvalue weighted by atomic mass is 10.1. The second-order valence-corrected chi connectivity index (χ2v) is 8.65. The van der Waals surface area contributed by atoms with Crippen LogP contribution in [-0.4, -0.2) is 46.3 Å². The first-order chi connectivity index (χ1) is 12.4. The van der Waals surface area contributed by atoms with Crippen molar-refractivity contribution >= 4 is 21.6 Å². The van der Waals surface area contributed by atoms with Crippen molar-refractivity contribution in [3.05, 3.63) is 24.3 Å². The molecule has 1 aromatic carbocycles. The van der Waals surface area contributed by atoms with E-state index in [2.05, 4.69) is 10.0 Å². The Kier molecular flexibility index (Phi) is 6.29. The molecule has 7 nitrogen and oxygen atoms in total. The third-order valence-corrected chi connectivity index (χ3v) is 6.16. The van der Waals surface area contributed by atoms with E-state index >= 15 is 0 Å². The number of ether oxygens (including phenoxy) is 2. The van der Waals surface area contributed by atoms with Gasteiger partial charge in [-0.1, -0.05) is 0 Å². The minimum Gasteiger partial charge on any atom is -0.381 e. The van der Waals surface area contributed by atoms with Gasteiger partial charge in [0, 0.05) is 24.9 Å². The lowest BCUT2D eigenvalue weighted by Crippen LogP contribution is -2.38. The number of carbonyl (C=O) groups is 1. The van der Waals surface area contributed by atoms with Crippen LogP contribution in [0.4, 0.5) is 5.69 Å². The Morgan fingerprint density at radius 2 is 1.85 bits per heavy atom. The summed E-state index contributed by atoms with van der Waals surface area (Å²) in [5.74, 6) is 0.361. The zero-order valence-corrected chi connectivity index (χ0v) is 15.8. The molecule has 1 saturated carbocycles. The molecular weight excluding hydrogens is 356 g/mol. The van der Waals surface area contributed by atoms with E-state index in [0.29, 0.717) is 44.3 Å². The molecule has 144 valence electrons. The van der Waals surface area contributed by atoms with Gasteiger partial charge in [0.25, 0.3) is 5.91 Å². The van der Waals surface area contributed by atoms with Crippen molar-refractivity contribution < 1.29 is 22.7 Å². The van der Waals surface area contributed by atoms with Crippen molar-refractivity contribution in [2.24, 2.45) is 5.92 Å². The number of sulfonamides is 1. The highest BCUT2D eigenvalue weighted by molar-refractivity contribution is 7.89. The van der Waals surface area contributed by atoms with Crippen molar-refractivity contribution in [2.75, 3.05) is 25.1 Å². The van der Waals surface area contributed by atoms with E-state index < -0.39 is 16.1 Å². The van der Waals surface area contributed by atoms with Gasteiger partial charge in [-0.05, 0) is 62.8 Å². The topological polar surface area (TPSA) is 93.7 Å². The normalized spacial score (nSPS) is 19.9. The summed E-state index contributed by atoms with van der Waals surface area (Å²) in [4.78, 5) is 12.3. The van der Waals surface area contributed by atoms with Gasteiger partial charge in [0.05, 0.1) is 11.5 Å². The molecule has 1 amide bonds. The Hall–Kier alpha value is -1.48. The summed E-state index contributed by atoms with van der Waals surface area (Å²) in [7, 11) is -3.58. The highest BCUT2D eigenvalue weighted by Gasteiger charge is 2.24. The number of rotatable bonds is 8. The molecule has 8 heteroatoms. The predicted molar refractivity (Wildman–Crippen MR) is 97.4 cm³/mol. The monoisotopic (exact) mass is 382 g/mol. The Morgan fingerprint density at radius 3 is 2.46 bits per heavy atom. The highest BCUT2D eigenvalue weighted by atomic mass is 32.2. The van der Waals surface area contributed by atoms with Crippen LogP contribution in [0.25, 0.3) is 0 Å². The molecule has 0 spiro atoms. The smallest absolute Gasteiger partial charge is 0.253 e. The Morgan fingerprint density at radius 1 is 1.19 bits per heavy atom. The molecule has 2 aliphatic rings. The van der Waals surface area contributed by atoms with E-state index in [0.717, 1.165) is 0 Å². The van der Waals surface area contributed by atoms with Crippen LogP contribution >= 0.6 is 0 Å². The summed E-state index contributed by atoms with van der Waals surface area (Å²) in [6.45, 7) is 3.47. The van der Waals surface area contributed by atoms with Gasteiger partial charge in [-0.15, -0.1) is 0 Å². The van der Waals surface area contributed by atoms with E-state index in [1.807, 2.05) is 0 Å². The number of nitrogens with one attached hydrogen (secondary N) is 2. The summed E-state index contributed by atoms with van der Waals surface area (Å²) >= 11 is 0. The first-order valence-corrected chi connectivity index (χ1v) is 10.5. The minimum absolute atomic E-state index is 0.0994. The third kappa shape index (κ3) is 5.51. The van der Waals surface area contributed by atoms with Crippen molar-refractivity contribution in [2.45, 2.75) is 49.6 Å². The molecule has 1 heterocycles. The van der Waals surface area contributed by atoms with Crippen LogP contribution in [-0.2, 0) is 24.3 Å². The van der Waals surface area contributed by atoms with Gasteiger partial charge in [-0.25, -0.2) is 13.1 Å². The SMILES string of the molecule is C[C@H](OCC1CC1)C(=O)Nc1ccc(S(=O)(=O)NC2CCOCC2)cc1. The average molecular weight is 382 g/mol. The summed E-state index contributed by atoms with van der Waals surface area (Å²) in [5, 5.41) is 2.75. The molecule has 2 N–H and O–H groups in total. The number of amides is 1. The second-order valence-electron chi connectivity index (χ2n) is 6.94. The second kappa shape index (κ2) is 8.47. The quantitative estimate of drug-likeness (QED) is 0.716.